The summed E-state index contributed by atoms with van der Waals surface area (Å²) in [5, 5.41) is 3.89. The smallest absolute Gasteiger partial charge is 0.141 e. The number of ether oxygens (including phenoxy) is 1. The fourth-order valence-electron chi connectivity index (χ4n) is 4.87. The summed E-state index contributed by atoms with van der Waals surface area (Å²) in [6, 6.07) is 0.613. The number of rotatable bonds is 5. The zero-order valence-corrected chi connectivity index (χ0v) is 15.8. The predicted octanol–water partition coefficient (Wildman–Crippen LogP) is 3.62. The van der Waals surface area contributed by atoms with Crippen molar-refractivity contribution in [2.24, 2.45) is 0 Å². The van der Waals surface area contributed by atoms with Crippen LogP contribution in [0.15, 0.2) is 47.2 Å². The highest BCUT2D eigenvalue weighted by atomic mass is 16.5. The van der Waals surface area contributed by atoms with E-state index in [9.17, 15) is 4.79 Å². The largest absolute Gasteiger partial charge is 0.377 e. The molecule has 1 saturated carbocycles. The predicted molar refractivity (Wildman–Crippen MR) is 104 cm³/mol. The molecule has 1 fully saturated rings. The Bertz CT molecular complexity index is 682. The van der Waals surface area contributed by atoms with Crippen molar-refractivity contribution in [2.45, 2.75) is 69.7 Å². The fraction of sp³-hybridized carbons (Fsp3) is 0.591. The van der Waals surface area contributed by atoms with Crippen LogP contribution in [0.25, 0.3) is 0 Å². The topological polar surface area (TPSA) is 41.6 Å². The maximum Gasteiger partial charge on any atom is 0.141 e. The molecule has 1 N–H and O–H groups in total. The van der Waals surface area contributed by atoms with E-state index >= 15 is 0 Å². The third kappa shape index (κ3) is 3.58. The zero-order chi connectivity index (χ0) is 18.1. The highest BCUT2D eigenvalue weighted by molar-refractivity contribution is 5.86. The molecule has 0 radical (unpaired) electrons. The number of carbonyl (C=O) groups is 1. The first-order valence-electron chi connectivity index (χ1n) is 9.98. The highest BCUT2D eigenvalue weighted by Gasteiger charge is 2.37. The van der Waals surface area contributed by atoms with Crippen LogP contribution in [0.3, 0.4) is 0 Å². The van der Waals surface area contributed by atoms with Crippen LogP contribution >= 0.6 is 0 Å². The molecule has 2 unspecified atom stereocenters. The van der Waals surface area contributed by atoms with Crippen molar-refractivity contribution in [1.82, 2.24) is 10.2 Å². The van der Waals surface area contributed by atoms with E-state index in [4.69, 9.17) is 4.74 Å². The molecule has 4 nitrogen and oxygen atoms in total. The van der Waals surface area contributed by atoms with E-state index in [1.165, 1.54) is 42.5 Å². The lowest BCUT2D eigenvalue weighted by Crippen LogP contribution is -2.46. The molecule has 26 heavy (non-hydrogen) atoms. The summed E-state index contributed by atoms with van der Waals surface area (Å²) in [6.07, 6.45) is 15.3. The van der Waals surface area contributed by atoms with Crippen molar-refractivity contribution >= 4 is 5.78 Å². The number of nitrogens with zero attached hydrogens (tertiary/aromatic N) is 1. The summed E-state index contributed by atoms with van der Waals surface area (Å²) in [4.78, 5) is 14.5. The molecule has 1 aliphatic heterocycles. The molecule has 0 saturated heterocycles. The number of ketones is 1. The van der Waals surface area contributed by atoms with Gasteiger partial charge in [-0.05, 0) is 36.0 Å². The summed E-state index contributed by atoms with van der Waals surface area (Å²) in [7, 11) is 1.76. The molecule has 3 aliphatic carbocycles. The van der Waals surface area contributed by atoms with Crippen LogP contribution in [0.5, 0.6) is 0 Å². The van der Waals surface area contributed by atoms with Crippen LogP contribution in [0, 0.1) is 0 Å². The Balaban J connectivity index is 1.53. The second kappa shape index (κ2) is 7.53. The molecule has 4 heteroatoms. The van der Waals surface area contributed by atoms with Gasteiger partial charge in [0, 0.05) is 44.7 Å². The molecule has 0 aromatic carbocycles. The lowest BCUT2D eigenvalue weighted by atomic mass is 9.92. The molecule has 0 aromatic heterocycles. The normalized spacial score (nSPS) is 29.6. The third-order valence-electron chi connectivity index (χ3n) is 6.17. The van der Waals surface area contributed by atoms with Gasteiger partial charge in [0.05, 0.1) is 12.3 Å². The molecular formula is C22H30N2O2. The van der Waals surface area contributed by atoms with Crippen LogP contribution in [0.4, 0.5) is 0 Å². The van der Waals surface area contributed by atoms with E-state index in [1.54, 1.807) is 7.11 Å². The quantitative estimate of drug-likeness (QED) is 0.819. The molecule has 0 bridgehead atoms. The molecule has 1 heterocycles. The minimum Gasteiger partial charge on any atom is -0.377 e. The van der Waals surface area contributed by atoms with E-state index in [1.807, 2.05) is 0 Å². The summed E-state index contributed by atoms with van der Waals surface area (Å²) in [6.45, 7) is 5.11. The minimum atomic E-state index is 0.196. The maximum absolute atomic E-state index is 12.1. The Labute approximate surface area is 156 Å². The number of carbonyl (C=O) groups excluding carboxylic acids is 1. The van der Waals surface area contributed by atoms with E-state index in [-0.39, 0.29) is 6.10 Å². The standard InChI is InChI=1S/C22H30N2O2/c1-15-11-19(25)12-17-13-21(23-18-5-3-4-6-18)24(22(15)17)14-16-7-9-20(26-2)10-8-16/h7-9,18,20-21,23H,1,3-6,10-14H2,2H3. The van der Waals surface area contributed by atoms with Crippen molar-refractivity contribution < 1.29 is 9.53 Å². The summed E-state index contributed by atoms with van der Waals surface area (Å²) in [5.74, 6) is 0.315. The Hall–Kier alpha value is -1.65. The van der Waals surface area contributed by atoms with Gasteiger partial charge in [0.25, 0.3) is 0 Å². The van der Waals surface area contributed by atoms with Gasteiger partial charge in [-0.1, -0.05) is 37.6 Å². The zero-order valence-electron chi connectivity index (χ0n) is 15.8. The summed E-state index contributed by atoms with van der Waals surface area (Å²) in [5.41, 5.74) is 4.87. The first-order chi connectivity index (χ1) is 12.6. The van der Waals surface area contributed by atoms with E-state index in [0.717, 1.165) is 25.0 Å². The van der Waals surface area contributed by atoms with E-state index in [2.05, 4.69) is 35.0 Å². The second-order valence-corrected chi connectivity index (χ2v) is 8.09. The van der Waals surface area contributed by atoms with Crippen LogP contribution in [-0.4, -0.2) is 42.6 Å². The molecule has 4 aliphatic rings. The van der Waals surface area contributed by atoms with Gasteiger partial charge in [0.1, 0.15) is 5.78 Å². The lowest BCUT2D eigenvalue weighted by Gasteiger charge is -2.34. The minimum absolute atomic E-state index is 0.196. The van der Waals surface area contributed by atoms with Crippen molar-refractivity contribution in [1.29, 1.82) is 0 Å². The highest BCUT2D eigenvalue weighted by Crippen LogP contribution is 2.40. The van der Waals surface area contributed by atoms with Crippen molar-refractivity contribution in [2.75, 3.05) is 13.7 Å². The van der Waals surface area contributed by atoms with Gasteiger partial charge < -0.3 is 9.64 Å². The Morgan fingerprint density at radius 1 is 1.31 bits per heavy atom. The van der Waals surface area contributed by atoms with Crippen LogP contribution in [0.1, 0.15) is 51.4 Å². The number of hydrogen-bond donors (Lipinski definition) is 1. The Morgan fingerprint density at radius 2 is 2.12 bits per heavy atom. The van der Waals surface area contributed by atoms with E-state index < -0.39 is 0 Å². The van der Waals surface area contributed by atoms with Crippen LogP contribution in [-0.2, 0) is 9.53 Å². The molecule has 4 rings (SSSR count). The van der Waals surface area contributed by atoms with Gasteiger partial charge in [-0.3, -0.25) is 10.1 Å². The van der Waals surface area contributed by atoms with Crippen LogP contribution in [0.2, 0.25) is 0 Å². The van der Waals surface area contributed by atoms with Gasteiger partial charge >= 0.3 is 0 Å². The second-order valence-electron chi connectivity index (χ2n) is 8.09. The van der Waals surface area contributed by atoms with Gasteiger partial charge in [-0.2, -0.15) is 0 Å². The first-order valence-corrected chi connectivity index (χ1v) is 9.98. The third-order valence-corrected chi connectivity index (χ3v) is 6.17. The number of nitrogens with one attached hydrogen (secondary N) is 1. The Morgan fingerprint density at radius 3 is 2.81 bits per heavy atom. The van der Waals surface area contributed by atoms with Crippen LogP contribution < -0.4 is 5.32 Å². The van der Waals surface area contributed by atoms with Crippen molar-refractivity contribution in [3.8, 4) is 0 Å². The average molecular weight is 354 g/mol. The number of allylic oxidation sites excluding steroid dienone is 1. The Kier molecular flexibility index (Phi) is 5.14. The molecule has 2 atom stereocenters. The average Bonchev–Trinajstić information content (AvgIpc) is 3.24. The monoisotopic (exact) mass is 354 g/mol. The number of hydrogen-bond acceptors (Lipinski definition) is 4. The summed E-state index contributed by atoms with van der Waals surface area (Å²) >= 11 is 0. The van der Waals surface area contributed by atoms with Gasteiger partial charge in [-0.25, -0.2) is 0 Å². The lowest BCUT2D eigenvalue weighted by molar-refractivity contribution is -0.118. The molecule has 0 aromatic rings. The number of Topliss-reactive ketones (excluding diaryl/α,β-unsaturated/α-hetero) is 1. The van der Waals surface area contributed by atoms with Gasteiger partial charge in [0.2, 0.25) is 0 Å². The summed E-state index contributed by atoms with van der Waals surface area (Å²) < 4.78 is 5.42. The van der Waals surface area contributed by atoms with E-state index in [0.29, 0.717) is 30.8 Å². The van der Waals surface area contributed by atoms with Gasteiger partial charge in [-0.15, -0.1) is 0 Å². The molecule has 0 spiro atoms. The number of methoxy groups -OCH3 is 1. The van der Waals surface area contributed by atoms with Crippen molar-refractivity contribution in [3.05, 3.63) is 47.2 Å². The fourth-order valence-corrected chi connectivity index (χ4v) is 4.87. The van der Waals surface area contributed by atoms with Gasteiger partial charge in [0.15, 0.2) is 0 Å². The van der Waals surface area contributed by atoms with Crippen molar-refractivity contribution in [3.63, 3.8) is 0 Å². The molecule has 0 amide bonds. The SMILES string of the molecule is C=C1CC(=O)CC2=C1N(CC1=CCC(OC)C=C1)C(NC1CCCC1)C2. The molecular weight excluding hydrogens is 324 g/mol. The maximum atomic E-state index is 12.1. The molecule has 140 valence electrons. The first kappa shape index (κ1) is 17.7.